The first-order chi connectivity index (χ1) is 8.47. The molecule has 1 saturated heterocycles. The van der Waals surface area contributed by atoms with Crippen LogP contribution in [0.25, 0.3) is 0 Å². The molecule has 7 heteroatoms. The minimum absolute atomic E-state index is 0.305. The summed E-state index contributed by atoms with van der Waals surface area (Å²) in [4.78, 5) is 35.7. The summed E-state index contributed by atoms with van der Waals surface area (Å²) in [5.41, 5.74) is 5.73. The molecular weight excluding hydrogens is 238 g/mol. The largest absolute Gasteiger partial charge is 0.481 e. The summed E-state index contributed by atoms with van der Waals surface area (Å²) in [6.07, 6.45) is 0.893. The zero-order valence-electron chi connectivity index (χ0n) is 10.4. The molecule has 1 unspecified atom stereocenters. The first-order valence-electron chi connectivity index (χ1n) is 6.03. The number of carboxylic acids is 1. The van der Waals surface area contributed by atoms with Crippen LogP contribution in [0.3, 0.4) is 0 Å². The summed E-state index contributed by atoms with van der Waals surface area (Å²) < 4.78 is 0. The number of nitrogens with zero attached hydrogens (tertiary/aromatic N) is 1. The van der Waals surface area contributed by atoms with Crippen LogP contribution in [0, 0.1) is 0 Å². The lowest BCUT2D eigenvalue weighted by Crippen LogP contribution is -2.60. The lowest BCUT2D eigenvalue weighted by Gasteiger charge is -2.35. The van der Waals surface area contributed by atoms with Gasteiger partial charge in [-0.3, -0.25) is 14.4 Å². The predicted octanol–water partition coefficient (Wildman–Crippen LogP) is -1.08. The van der Waals surface area contributed by atoms with E-state index in [0.29, 0.717) is 19.5 Å². The molecule has 0 spiro atoms. The number of nitrogens with two attached hydrogens (primary N) is 1. The van der Waals surface area contributed by atoms with Crippen LogP contribution in [0.1, 0.15) is 26.2 Å². The smallest absolute Gasteiger partial charge is 0.305 e. The Morgan fingerprint density at radius 2 is 2.28 bits per heavy atom. The van der Waals surface area contributed by atoms with Crippen molar-refractivity contribution in [2.45, 2.75) is 38.3 Å². The van der Waals surface area contributed by atoms with Crippen molar-refractivity contribution >= 4 is 17.8 Å². The summed E-state index contributed by atoms with van der Waals surface area (Å²) in [7, 11) is 0. The van der Waals surface area contributed by atoms with Gasteiger partial charge in [0.1, 0.15) is 6.04 Å². The second kappa shape index (κ2) is 6.34. The van der Waals surface area contributed by atoms with E-state index in [1.807, 2.05) is 6.92 Å². The van der Waals surface area contributed by atoms with Crippen molar-refractivity contribution in [2.75, 3.05) is 13.1 Å². The number of piperazine rings is 1. The van der Waals surface area contributed by atoms with Gasteiger partial charge in [-0.2, -0.15) is 0 Å². The number of rotatable bonds is 5. The Morgan fingerprint density at radius 3 is 2.83 bits per heavy atom. The third-order valence-corrected chi connectivity index (χ3v) is 2.90. The van der Waals surface area contributed by atoms with Gasteiger partial charge in [-0.1, -0.05) is 13.3 Å². The first-order valence-corrected chi connectivity index (χ1v) is 6.03. The normalized spacial score (nSPS) is 21.3. The van der Waals surface area contributed by atoms with Crippen LogP contribution in [0.5, 0.6) is 0 Å². The Bertz CT molecular complexity index is 345. The zero-order chi connectivity index (χ0) is 13.7. The highest BCUT2D eigenvalue weighted by molar-refractivity contribution is 5.93. The molecule has 1 fully saturated rings. The van der Waals surface area contributed by atoms with Crippen molar-refractivity contribution in [3.8, 4) is 0 Å². The molecule has 18 heavy (non-hydrogen) atoms. The van der Waals surface area contributed by atoms with E-state index in [1.54, 1.807) is 0 Å². The Balaban J connectivity index is 2.78. The molecule has 2 atom stereocenters. The fourth-order valence-electron chi connectivity index (χ4n) is 1.99. The second-order valence-corrected chi connectivity index (χ2v) is 4.33. The van der Waals surface area contributed by atoms with Crippen LogP contribution >= 0.6 is 0 Å². The van der Waals surface area contributed by atoms with Crippen LogP contribution in [0.15, 0.2) is 0 Å². The fourth-order valence-corrected chi connectivity index (χ4v) is 1.99. The lowest BCUT2D eigenvalue weighted by molar-refractivity contribution is -0.149. The van der Waals surface area contributed by atoms with Crippen molar-refractivity contribution in [1.82, 2.24) is 10.2 Å². The molecule has 0 aromatic carbocycles. The van der Waals surface area contributed by atoms with E-state index in [2.05, 4.69) is 5.32 Å². The van der Waals surface area contributed by atoms with Crippen LogP contribution in [0.4, 0.5) is 0 Å². The van der Waals surface area contributed by atoms with Gasteiger partial charge in [0.25, 0.3) is 0 Å². The number of hydrogen-bond donors (Lipinski definition) is 3. The maximum atomic E-state index is 12.1. The fraction of sp³-hybridized carbons (Fsp3) is 0.727. The van der Waals surface area contributed by atoms with E-state index in [1.165, 1.54) is 4.90 Å². The molecule has 1 aliphatic rings. The molecular formula is C11H19N3O4. The van der Waals surface area contributed by atoms with Crippen LogP contribution < -0.4 is 11.1 Å². The number of amides is 2. The lowest BCUT2D eigenvalue weighted by atomic mass is 10.1. The molecule has 102 valence electrons. The van der Waals surface area contributed by atoms with E-state index in [9.17, 15) is 14.4 Å². The van der Waals surface area contributed by atoms with Crippen LogP contribution in [0.2, 0.25) is 0 Å². The third kappa shape index (κ3) is 3.43. The SMILES string of the molecule is CCC[C@@H](N)C(=O)N1CCNC(=O)C1CC(=O)O. The van der Waals surface area contributed by atoms with E-state index < -0.39 is 30.4 Å². The van der Waals surface area contributed by atoms with Gasteiger partial charge in [-0.15, -0.1) is 0 Å². The van der Waals surface area contributed by atoms with Gasteiger partial charge in [0.2, 0.25) is 11.8 Å². The molecule has 0 aliphatic carbocycles. The molecule has 7 nitrogen and oxygen atoms in total. The Morgan fingerprint density at radius 1 is 1.61 bits per heavy atom. The Labute approximate surface area is 105 Å². The quantitative estimate of drug-likeness (QED) is 0.579. The van der Waals surface area contributed by atoms with Crippen molar-refractivity contribution in [3.05, 3.63) is 0 Å². The van der Waals surface area contributed by atoms with Gasteiger partial charge in [0.15, 0.2) is 0 Å². The van der Waals surface area contributed by atoms with Crippen LogP contribution in [-0.4, -0.2) is 53.0 Å². The number of nitrogens with one attached hydrogen (secondary N) is 1. The van der Waals surface area contributed by atoms with Crippen molar-refractivity contribution < 1.29 is 19.5 Å². The predicted molar refractivity (Wildman–Crippen MR) is 63.6 cm³/mol. The number of hydrogen-bond acceptors (Lipinski definition) is 4. The number of carbonyl (C=O) groups excluding carboxylic acids is 2. The van der Waals surface area contributed by atoms with Crippen molar-refractivity contribution in [3.63, 3.8) is 0 Å². The number of carbonyl (C=O) groups is 3. The highest BCUT2D eigenvalue weighted by Crippen LogP contribution is 2.12. The molecule has 1 heterocycles. The minimum Gasteiger partial charge on any atom is -0.481 e. The second-order valence-electron chi connectivity index (χ2n) is 4.33. The van der Waals surface area contributed by atoms with Gasteiger partial charge in [-0.25, -0.2) is 0 Å². The maximum absolute atomic E-state index is 12.1. The van der Waals surface area contributed by atoms with Gasteiger partial charge in [0, 0.05) is 13.1 Å². The monoisotopic (exact) mass is 257 g/mol. The molecule has 0 aromatic rings. The van der Waals surface area contributed by atoms with E-state index in [-0.39, 0.29) is 5.91 Å². The summed E-state index contributed by atoms with van der Waals surface area (Å²) in [5.74, 6) is -1.89. The highest BCUT2D eigenvalue weighted by atomic mass is 16.4. The average Bonchev–Trinajstić information content (AvgIpc) is 2.30. The van der Waals surface area contributed by atoms with Crippen molar-refractivity contribution in [1.29, 1.82) is 0 Å². The third-order valence-electron chi connectivity index (χ3n) is 2.90. The molecule has 0 saturated carbocycles. The molecule has 1 rings (SSSR count). The summed E-state index contributed by atoms with van der Waals surface area (Å²) in [5, 5.41) is 11.3. The van der Waals surface area contributed by atoms with Crippen molar-refractivity contribution in [2.24, 2.45) is 5.73 Å². The van der Waals surface area contributed by atoms with Gasteiger partial charge in [0.05, 0.1) is 12.5 Å². The maximum Gasteiger partial charge on any atom is 0.305 e. The van der Waals surface area contributed by atoms with Gasteiger partial charge in [-0.05, 0) is 6.42 Å². The summed E-state index contributed by atoms with van der Waals surface area (Å²) in [6.45, 7) is 2.55. The number of aliphatic carboxylic acids is 1. The van der Waals surface area contributed by atoms with Crippen LogP contribution in [-0.2, 0) is 14.4 Å². The van der Waals surface area contributed by atoms with E-state index >= 15 is 0 Å². The average molecular weight is 257 g/mol. The molecule has 0 aromatic heterocycles. The van der Waals surface area contributed by atoms with Gasteiger partial charge < -0.3 is 21.1 Å². The standard InChI is InChI=1S/C11H19N3O4/c1-2-3-7(12)11(18)14-5-4-13-10(17)8(14)6-9(15)16/h7-8H,2-6,12H2,1H3,(H,13,17)(H,15,16)/t7-,8?/m1/s1. The number of carboxylic acid groups (broad SMARTS) is 1. The highest BCUT2D eigenvalue weighted by Gasteiger charge is 2.36. The molecule has 2 amide bonds. The summed E-state index contributed by atoms with van der Waals surface area (Å²) >= 11 is 0. The summed E-state index contributed by atoms with van der Waals surface area (Å²) in [6, 6.07) is -1.62. The molecule has 4 N–H and O–H groups in total. The zero-order valence-corrected chi connectivity index (χ0v) is 10.4. The van der Waals surface area contributed by atoms with E-state index in [4.69, 9.17) is 10.8 Å². The molecule has 1 aliphatic heterocycles. The molecule has 0 bridgehead atoms. The topological polar surface area (TPSA) is 113 Å². The first kappa shape index (κ1) is 14.4. The minimum atomic E-state index is -1.11. The molecule has 0 radical (unpaired) electrons. The van der Waals surface area contributed by atoms with Gasteiger partial charge >= 0.3 is 5.97 Å². The van der Waals surface area contributed by atoms with E-state index in [0.717, 1.165) is 6.42 Å². The Kier molecular flexibility index (Phi) is 5.08. The Hall–Kier alpha value is -1.63.